The van der Waals surface area contributed by atoms with Gasteiger partial charge < -0.3 is 0 Å². The molecule has 1 aromatic rings. The number of nitrogens with zero attached hydrogens (tertiary/aromatic N) is 1. The van der Waals surface area contributed by atoms with Gasteiger partial charge in [-0.3, -0.25) is 10.2 Å². The second-order valence-electron chi connectivity index (χ2n) is 4.85. The van der Waals surface area contributed by atoms with Crippen molar-refractivity contribution < 1.29 is 4.79 Å². The standard InChI is InChI=1S/C14H22N2O/c1-9-7-10(2)12(4)13(11(9)3)8-14(17)15-16(5)6/h7H,8H2,1-6H3,(H,15,17). The van der Waals surface area contributed by atoms with Crippen molar-refractivity contribution in [3.63, 3.8) is 0 Å². The highest BCUT2D eigenvalue weighted by Crippen LogP contribution is 2.21. The van der Waals surface area contributed by atoms with Crippen LogP contribution >= 0.6 is 0 Å². The highest BCUT2D eigenvalue weighted by molar-refractivity contribution is 5.79. The molecule has 0 radical (unpaired) electrons. The van der Waals surface area contributed by atoms with Crippen LogP contribution in [-0.4, -0.2) is 25.0 Å². The summed E-state index contributed by atoms with van der Waals surface area (Å²) < 4.78 is 0. The van der Waals surface area contributed by atoms with Crippen LogP contribution in [0.3, 0.4) is 0 Å². The highest BCUT2D eigenvalue weighted by Gasteiger charge is 2.12. The second kappa shape index (κ2) is 5.32. The Morgan fingerprint density at radius 1 is 1.12 bits per heavy atom. The molecule has 0 aliphatic heterocycles. The van der Waals surface area contributed by atoms with Crippen molar-refractivity contribution in [1.82, 2.24) is 10.4 Å². The van der Waals surface area contributed by atoms with Crippen LogP contribution in [0.5, 0.6) is 0 Å². The van der Waals surface area contributed by atoms with Gasteiger partial charge in [0.25, 0.3) is 0 Å². The lowest BCUT2D eigenvalue weighted by molar-refractivity contribution is -0.124. The third-order valence-corrected chi connectivity index (χ3v) is 3.21. The molecule has 3 heteroatoms. The van der Waals surface area contributed by atoms with Crippen LogP contribution in [0.25, 0.3) is 0 Å². The lowest BCUT2D eigenvalue weighted by Gasteiger charge is -2.17. The monoisotopic (exact) mass is 234 g/mol. The van der Waals surface area contributed by atoms with Gasteiger partial charge >= 0.3 is 0 Å². The lowest BCUT2D eigenvalue weighted by Crippen LogP contribution is -2.37. The molecule has 17 heavy (non-hydrogen) atoms. The lowest BCUT2D eigenvalue weighted by atomic mass is 9.92. The van der Waals surface area contributed by atoms with E-state index < -0.39 is 0 Å². The Labute approximate surface area is 104 Å². The third-order valence-electron chi connectivity index (χ3n) is 3.21. The normalized spacial score (nSPS) is 10.8. The summed E-state index contributed by atoms with van der Waals surface area (Å²) in [6.07, 6.45) is 0.443. The number of carbonyl (C=O) groups excluding carboxylic acids is 1. The fraction of sp³-hybridized carbons (Fsp3) is 0.500. The molecule has 1 rings (SSSR count). The Balaban J connectivity index is 3.02. The summed E-state index contributed by atoms with van der Waals surface area (Å²) in [4.78, 5) is 11.8. The Bertz CT molecular complexity index is 410. The number of rotatable bonds is 3. The molecule has 0 bridgehead atoms. The van der Waals surface area contributed by atoms with Crippen molar-refractivity contribution in [2.24, 2.45) is 0 Å². The second-order valence-corrected chi connectivity index (χ2v) is 4.85. The first kappa shape index (κ1) is 13.7. The van der Waals surface area contributed by atoms with Gasteiger partial charge in [-0.1, -0.05) is 6.07 Å². The van der Waals surface area contributed by atoms with E-state index in [-0.39, 0.29) is 5.91 Å². The number of hydrogen-bond donors (Lipinski definition) is 1. The largest absolute Gasteiger partial charge is 0.289 e. The summed E-state index contributed by atoms with van der Waals surface area (Å²) in [6, 6.07) is 2.18. The minimum atomic E-state index is 0.0335. The molecule has 0 unspecified atom stereocenters. The summed E-state index contributed by atoms with van der Waals surface area (Å²) in [5.74, 6) is 0.0335. The van der Waals surface area contributed by atoms with E-state index >= 15 is 0 Å². The van der Waals surface area contributed by atoms with E-state index in [0.717, 1.165) is 5.56 Å². The number of carbonyl (C=O) groups is 1. The SMILES string of the molecule is Cc1cc(C)c(C)c(CC(=O)NN(C)C)c1C. The van der Waals surface area contributed by atoms with Gasteiger partial charge in [0.05, 0.1) is 6.42 Å². The van der Waals surface area contributed by atoms with Gasteiger partial charge in [-0.05, 0) is 55.5 Å². The van der Waals surface area contributed by atoms with Gasteiger partial charge in [0.2, 0.25) is 5.91 Å². The number of aryl methyl sites for hydroxylation is 2. The Morgan fingerprint density at radius 2 is 1.59 bits per heavy atom. The molecule has 0 saturated carbocycles. The molecule has 0 aliphatic carbocycles. The summed E-state index contributed by atoms with van der Waals surface area (Å²) in [7, 11) is 3.64. The van der Waals surface area contributed by atoms with Crippen LogP contribution < -0.4 is 5.43 Å². The Hall–Kier alpha value is -1.35. The summed E-state index contributed by atoms with van der Waals surface area (Å²) >= 11 is 0. The topological polar surface area (TPSA) is 32.3 Å². The van der Waals surface area contributed by atoms with Crippen LogP contribution in [0.1, 0.15) is 27.8 Å². The Morgan fingerprint density at radius 3 is 2.00 bits per heavy atom. The molecule has 0 atom stereocenters. The van der Waals surface area contributed by atoms with Crippen LogP contribution in [0.2, 0.25) is 0 Å². The zero-order valence-electron chi connectivity index (χ0n) is 11.6. The summed E-state index contributed by atoms with van der Waals surface area (Å²) in [5, 5.41) is 1.68. The number of amides is 1. The quantitative estimate of drug-likeness (QED) is 0.812. The van der Waals surface area contributed by atoms with E-state index in [0.29, 0.717) is 6.42 Å². The zero-order valence-corrected chi connectivity index (χ0v) is 11.6. The van der Waals surface area contributed by atoms with Crippen molar-refractivity contribution >= 4 is 5.91 Å². The summed E-state index contributed by atoms with van der Waals surface area (Å²) in [6.45, 7) is 8.35. The molecular weight excluding hydrogens is 212 g/mol. The van der Waals surface area contributed by atoms with Gasteiger partial charge in [0.15, 0.2) is 0 Å². The number of hydrazine groups is 1. The number of benzene rings is 1. The van der Waals surface area contributed by atoms with E-state index in [9.17, 15) is 4.79 Å². The van der Waals surface area contributed by atoms with E-state index in [1.54, 1.807) is 5.01 Å². The molecule has 1 aromatic carbocycles. The molecule has 0 fully saturated rings. The van der Waals surface area contributed by atoms with Crippen molar-refractivity contribution in [2.75, 3.05) is 14.1 Å². The molecule has 0 aromatic heterocycles. The van der Waals surface area contributed by atoms with Gasteiger partial charge in [-0.25, -0.2) is 5.01 Å². The maximum Gasteiger partial charge on any atom is 0.238 e. The fourth-order valence-electron chi connectivity index (χ4n) is 2.01. The first-order valence-electron chi connectivity index (χ1n) is 5.86. The maximum absolute atomic E-state index is 11.8. The van der Waals surface area contributed by atoms with Crippen LogP contribution in [0, 0.1) is 27.7 Å². The number of nitrogens with one attached hydrogen (secondary N) is 1. The minimum Gasteiger partial charge on any atom is -0.289 e. The molecular formula is C14H22N2O. The number of hydrogen-bond acceptors (Lipinski definition) is 2. The van der Waals surface area contributed by atoms with Crippen molar-refractivity contribution in [1.29, 1.82) is 0 Å². The van der Waals surface area contributed by atoms with E-state index in [1.165, 1.54) is 22.3 Å². The first-order valence-corrected chi connectivity index (χ1v) is 5.86. The maximum atomic E-state index is 11.8. The Kier molecular flexibility index (Phi) is 4.29. The van der Waals surface area contributed by atoms with E-state index in [1.807, 2.05) is 14.1 Å². The van der Waals surface area contributed by atoms with E-state index in [4.69, 9.17) is 0 Å². The molecule has 0 heterocycles. The average molecular weight is 234 g/mol. The van der Waals surface area contributed by atoms with Gasteiger partial charge in [0.1, 0.15) is 0 Å². The molecule has 3 nitrogen and oxygen atoms in total. The molecule has 0 aliphatic rings. The first-order chi connectivity index (χ1) is 7.82. The predicted molar refractivity (Wildman–Crippen MR) is 70.9 cm³/mol. The zero-order chi connectivity index (χ0) is 13.2. The molecule has 0 saturated heterocycles. The van der Waals surface area contributed by atoms with Crippen LogP contribution in [0.4, 0.5) is 0 Å². The van der Waals surface area contributed by atoms with Crippen LogP contribution in [-0.2, 0) is 11.2 Å². The van der Waals surface area contributed by atoms with Crippen LogP contribution in [0.15, 0.2) is 6.07 Å². The van der Waals surface area contributed by atoms with E-state index in [2.05, 4.69) is 39.2 Å². The van der Waals surface area contributed by atoms with Crippen molar-refractivity contribution in [3.05, 3.63) is 33.9 Å². The average Bonchev–Trinajstić information content (AvgIpc) is 2.20. The molecule has 94 valence electrons. The molecule has 0 spiro atoms. The minimum absolute atomic E-state index is 0.0335. The molecule has 1 N–H and O–H groups in total. The third kappa shape index (κ3) is 3.30. The highest BCUT2D eigenvalue weighted by atomic mass is 16.2. The molecule has 1 amide bonds. The van der Waals surface area contributed by atoms with Gasteiger partial charge in [-0.2, -0.15) is 0 Å². The van der Waals surface area contributed by atoms with Crippen molar-refractivity contribution in [2.45, 2.75) is 34.1 Å². The summed E-state index contributed by atoms with van der Waals surface area (Å²) in [5.41, 5.74) is 8.88. The van der Waals surface area contributed by atoms with Gasteiger partial charge in [-0.15, -0.1) is 0 Å². The predicted octanol–water partition coefficient (Wildman–Crippen LogP) is 2.06. The fourth-order valence-corrected chi connectivity index (χ4v) is 2.01. The smallest absolute Gasteiger partial charge is 0.238 e. The van der Waals surface area contributed by atoms with Crippen molar-refractivity contribution in [3.8, 4) is 0 Å². The van der Waals surface area contributed by atoms with Gasteiger partial charge in [0, 0.05) is 14.1 Å².